The van der Waals surface area contributed by atoms with Gasteiger partial charge in [0.15, 0.2) is 15.0 Å². The summed E-state index contributed by atoms with van der Waals surface area (Å²) in [6.45, 7) is 1.66. The molecule has 4 rings (SSSR count). The van der Waals surface area contributed by atoms with Crippen molar-refractivity contribution in [2.75, 3.05) is 22.1 Å². The molecule has 0 radical (unpaired) electrons. The first kappa shape index (κ1) is 18.9. The molecule has 28 heavy (non-hydrogen) atoms. The molecule has 146 valence electrons. The second-order valence-corrected chi connectivity index (χ2v) is 10.2. The zero-order chi connectivity index (χ0) is 19.9. The van der Waals surface area contributed by atoms with E-state index in [1.54, 1.807) is 43.3 Å². The lowest BCUT2D eigenvalue weighted by atomic mass is 10.1. The average molecular weight is 420 g/mol. The number of rotatable bonds is 3. The minimum atomic E-state index is -2.97. The zero-order valence-corrected chi connectivity index (χ0v) is 16.6. The summed E-state index contributed by atoms with van der Waals surface area (Å²) in [5, 5.41) is 6.50. The number of hydrogen-bond donors (Lipinski definition) is 2. The van der Waals surface area contributed by atoms with Gasteiger partial charge >= 0.3 is 0 Å². The molecule has 2 aromatic rings. The summed E-state index contributed by atoms with van der Waals surface area (Å²) in [6, 6.07) is 11.2. The fourth-order valence-electron chi connectivity index (χ4n) is 3.12. The van der Waals surface area contributed by atoms with Gasteiger partial charge in [-0.3, -0.25) is 9.79 Å². The lowest BCUT2D eigenvalue weighted by molar-refractivity contribution is 0.102. The van der Waals surface area contributed by atoms with Gasteiger partial charge in [-0.2, -0.15) is 0 Å². The molecule has 0 unspecified atom stereocenters. The lowest BCUT2D eigenvalue weighted by Gasteiger charge is -2.09. The molecule has 2 aromatic carbocycles. The van der Waals surface area contributed by atoms with Gasteiger partial charge in [0.25, 0.3) is 5.91 Å². The molecular weight excluding hydrogens is 401 g/mol. The highest BCUT2D eigenvalue weighted by Crippen LogP contribution is 2.34. The van der Waals surface area contributed by atoms with Crippen LogP contribution in [0.1, 0.15) is 15.9 Å². The average Bonchev–Trinajstić information content (AvgIpc) is 3.11. The van der Waals surface area contributed by atoms with E-state index in [1.807, 2.05) is 0 Å². The summed E-state index contributed by atoms with van der Waals surface area (Å²) < 4.78 is 36.8. The number of amidine groups is 1. The van der Waals surface area contributed by atoms with Crippen molar-refractivity contribution in [3.63, 3.8) is 0 Å². The van der Waals surface area contributed by atoms with Crippen LogP contribution in [0.5, 0.6) is 0 Å². The number of benzene rings is 2. The van der Waals surface area contributed by atoms with Gasteiger partial charge in [-0.05, 0) is 48.9 Å². The predicted molar refractivity (Wildman–Crippen MR) is 110 cm³/mol. The van der Waals surface area contributed by atoms with Crippen molar-refractivity contribution in [3.05, 3.63) is 59.4 Å². The van der Waals surface area contributed by atoms with E-state index in [0.29, 0.717) is 22.0 Å². The van der Waals surface area contributed by atoms with E-state index < -0.39 is 9.84 Å². The van der Waals surface area contributed by atoms with Crippen molar-refractivity contribution in [3.8, 4) is 0 Å². The number of amides is 1. The molecule has 2 aliphatic heterocycles. The van der Waals surface area contributed by atoms with E-state index in [2.05, 4.69) is 15.6 Å². The third kappa shape index (κ3) is 4.05. The standard InChI is InChI=1S/C19H18FN3O3S2/c1-11-2-5-14(8-15(11)20)21-18(24)12-3-6-13(7-4-12)22-19-23-16-9-28(25,26)10-17(16)27-19/h2-8,16-17H,9-10H2,1H3,(H,21,24)(H,22,23)/t16-,17-/m1/s1. The van der Waals surface area contributed by atoms with Gasteiger partial charge in [0.1, 0.15) is 5.82 Å². The molecule has 9 heteroatoms. The summed E-state index contributed by atoms with van der Waals surface area (Å²) >= 11 is 1.44. The zero-order valence-electron chi connectivity index (χ0n) is 15.0. The third-order valence-corrected chi connectivity index (χ3v) is 7.79. The SMILES string of the molecule is Cc1ccc(NC(=O)c2ccc(NC3=N[C@@H]4CS(=O)(=O)C[C@H]4S3)cc2)cc1F. The molecule has 2 heterocycles. The molecule has 0 bridgehead atoms. The van der Waals surface area contributed by atoms with Crippen LogP contribution in [0.4, 0.5) is 15.8 Å². The molecule has 0 spiro atoms. The van der Waals surface area contributed by atoms with Gasteiger partial charge in [0.2, 0.25) is 0 Å². The highest BCUT2D eigenvalue weighted by molar-refractivity contribution is 8.15. The highest BCUT2D eigenvalue weighted by atomic mass is 32.2. The summed E-state index contributed by atoms with van der Waals surface area (Å²) in [5.41, 5.74) is 2.11. The Kier molecular flexibility index (Phi) is 4.88. The number of fused-ring (bicyclic) bond motifs is 1. The maximum Gasteiger partial charge on any atom is 0.255 e. The molecular formula is C19H18FN3O3S2. The minimum Gasteiger partial charge on any atom is -0.335 e. The number of nitrogens with zero attached hydrogens (tertiary/aromatic N) is 1. The number of halogens is 1. The Morgan fingerprint density at radius 2 is 1.86 bits per heavy atom. The number of carbonyl (C=O) groups is 1. The van der Waals surface area contributed by atoms with Crippen LogP contribution in [0.3, 0.4) is 0 Å². The Bertz CT molecular complexity index is 1070. The van der Waals surface area contributed by atoms with E-state index in [9.17, 15) is 17.6 Å². The molecule has 0 aromatic heterocycles. The highest BCUT2D eigenvalue weighted by Gasteiger charge is 2.42. The maximum atomic E-state index is 13.6. The minimum absolute atomic E-state index is 0.0209. The number of hydrogen-bond acceptors (Lipinski definition) is 6. The first-order valence-corrected chi connectivity index (χ1v) is 11.4. The van der Waals surface area contributed by atoms with Crippen molar-refractivity contribution in [1.29, 1.82) is 0 Å². The van der Waals surface area contributed by atoms with Gasteiger partial charge in [-0.15, -0.1) is 0 Å². The van der Waals surface area contributed by atoms with Gasteiger partial charge in [-0.1, -0.05) is 17.8 Å². The third-order valence-electron chi connectivity index (χ3n) is 4.65. The molecule has 2 atom stereocenters. The van der Waals surface area contributed by atoms with Crippen molar-refractivity contribution >= 4 is 44.0 Å². The van der Waals surface area contributed by atoms with Crippen LogP contribution < -0.4 is 10.6 Å². The normalized spacial score (nSPS) is 22.4. The summed E-state index contributed by atoms with van der Waals surface area (Å²) in [6.07, 6.45) is 0. The van der Waals surface area contributed by atoms with Gasteiger partial charge < -0.3 is 10.6 Å². The van der Waals surface area contributed by atoms with E-state index in [4.69, 9.17) is 0 Å². The number of anilines is 2. The van der Waals surface area contributed by atoms with Gasteiger partial charge in [0.05, 0.1) is 17.5 Å². The van der Waals surface area contributed by atoms with Crippen molar-refractivity contribution in [2.45, 2.75) is 18.2 Å². The topological polar surface area (TPSA) is 87.6 Å². The first-order valence-electron chi connectivity index (χ1n) is 8.68. The molecule has 2 N–H and O–H groups in total. The lowest BCUT2D eigenvalue weighted by Crippen LogP contribution is -2.13. The second-order valence-electron chi connectivity index (χ2n) is 6.86. The maximum absolute atomic E-state index is 13.6. The predicted octanol–water partition coefficient (Wildman–Crippen LogP) is 3.07. The molecule has 0 saturated carbocycles. The number of aliphatic imine (C=N–C) groups is 1. The fourth-order valence-corrected chi connectivity index (χ4v) is 6.79. The number of sulfone groups is 1. The largest absolute Gasteiger partial charge is 0.335 e. The Morgan fingerprint density at radius 1 is 1.14 bits per heavy atom. The van der Waals surface area contributed by atoms with E-state index in [1.165, 1.54) is 17.8 Å². The number of nitrogens with one attached hydrogen (secondary N) is 2. The number of thioether (sulfide) groups is 1. The molecule has 6 nitrogen and oxygen atoms in total. The molecule has 1 saturated heterocycles. The Hall–Kier alpha value is -2.39. The first-order chi connectivity index (χ1) is 13.3. The number of aryl methyl sites for hydroxylation is 1. The van der Waals surface area contributed by atoms with E-state index in [-0.39, 0.29) is 34.5 Å². The number of carbonyl (C=O) groups excluding carboxylic acids is 1. The monoisotopic (exact) mass is 419 g/mol. The van der Waals surface area contributed by atoms with Crippen LogP contribution in [0.15, 0.2) is 47.5 Å². The van der Waals surface area contributed by atoms with Crippen molar-refractivity contribution in [1.82, 2.24) is 0 Å². The van der Waals surface area contributed by atoms with Crippen molar-refractivity contribution < 1.29 is 17.6 Å². The van der Waals surface area contributed by atoms with E-state index in [0.717, 1.165) is 5.69 Å². The van der Waals surface area contributed by atoms with Crippen LogP contribution in [0.25, 0.3) is 0 Å². The van der Waals surface area contributed by atoms with Crippen LogP contribution in [-0.2, 0) is 9.84 Å². The molecule has 1 amide bonds. The Labute approximate surface area is 166 Å². The summed E-state index contributed by atoms with van der Waals surface area (Å²) in [5.74, 6) is -0.434. The smallest absolute Gasteiger partial charge is 0.255 e. The molecule has 0 aliphatic carbocycles. The van der Waals surface area contributed by atoms with Crippen LogP contribution in [0.2, 0.25) is 0 Å². The van der Waals surface area contributed by atoms with Crippen LogP contribution in [-0.4, -0.2) is 42.3 Å². The summed E-state index contributed by atoms with van der Waals surface area (Å²) in [4.78, 5) is 16.8. The van der Waals surface area contributed by atoms with Crippen molar-refractivity contribution in [2.24, 2.45) is 4.99 Å². The second kappa shape index (κ2) is 7.21. The van der Waals surface area contributed by atoms with Crippen LogP contribution in [0, 0.1) is 12.7 Å². The van der Waals surface area contributed by atoms with Crippen LogP contribution >= 0.6 is 11.8 Å². The van der Waals surface area contributed by atoms with Gasteiger partial charge in [0, 0.05) is 22.2 Å². The van der Waals surface area contributed by atoms with E-state index >= 15 is 0 Å². The van der Waals surface area contributed by atoms with Gasteiger partial charge in [-0.25, -0.2) is 12.8 Å². The molecule has 2 aliphatic rings. The fraction of sp³-hybridized carbons (Fsp3) is 0.263. The Balaban J connectivity index is 1.39. The Morgan fingerprint density at radius 3 is 2.54 bits per heavy atom. The molecule has 1 fully saturated rings. The quantitative estimate of drug-likeness (QED) is 0.798. The summed E-state index contributed by atoms with van der Waals surface area (Å²) in [7, 11) is -2.97.